The van der Waals surface area contributed by atoms with E-state index in [9.17, 15) is 17.8 Å². The molecule has 2 aromatic rings. The van der Waals surface area contributed by atoms with Crippen molar-refractivity contribution in [1.29, 1.82) is 0 Å². The molecule has 5 nitrogen and oxygen atoms in total. The smallest absolute Gasteiger partial charge is 0.744 e. The molecule has 0 atom stereocenters. The summed E-state index contributed by atoms with van der Waals surface area (Å²) in [5.74, 6) is -0.155. The van der Waals surface area contributed by atoms with Crippen molar-refractivity contribution in [2.75, 3.05) is 5.73 Å². The maximum atomic E-state index is 11.4. The number of rotatable bonds is 2. The Morgan fingerprint density at radius 1 is 1.16 bits per heavy atom. The Morgan fingerprint density at radius 2 is 1.79 bits per heavy atom. The summed E-state index contributed by atoms with van der Waals surface area (Å²) in [6, 6.07) is 7.34. The minimum Gasteiger partial charge on any atom is -0.744 e. The normalized spacial score (nSPS) is 11.1. The van der Waals surface area contributed by atoms with Crippen LogP contribution in [0.15, 0.2) is 35.2 Å². The number of benzene rings is 2. The number of nitrogens with two attached hydrogens (primary N) is 1. The Bertz CT molecular complexity index is 756. The molecule has 2 rings (SSSR count). The van der Waals surface area contributed by atoms with Crippen LogP contribution in [-0.4, -0.2) is 18.8 Å². The molecule has 0 unspecified atom stereocenters. The van der Waals surface area contributed by atoms with Crippen molar-refractivity contribution in [1.82, 2.24) is 0 Å². The number of nitrogen functional groups attached to an aromatic ring is 1. The van der Waals surface area contributed by atoms with E-state index in [4.69, 9.17) is 5.73 Å². The van der Waals surface area contributed by atoms with Gasteiger partial charge < -0.3 is 10.3 Å². The predicted octanol–water partition coefficient (Wildman–Crippen LogP) is -1.47. The fourth-order valence-corrected chi connectivity index (χ4v) is 2.50. The van der Waals surface area contributed by atoms with Gasteiger partial charge in [0.1, 0.15) is 10.1 Å². The Hall–Kier alpha value is -0.920. The molecule has 0 saturated heterocycles. The molecule has 19 heavy (non-hydrogen) atoms. The van der Waals surface area contributed by atoms with Gasteiger partial charge in [-0.1, -0.05) is 24.3 Å². The number of Topliss-reactive ketones (excluding diaryl/α,β-unsaturated/α-hetero) is 1. The van der Waals surface area contributed by atoms with Crippen LogP contribution in [0.3, 0.4) is 0 Å². The van der Waals surface area contributed by atoms with Crippen LogP contribution < -0.4 is 35.3 Å². The van der Waals surface area contributed by atoms with Crippen LogP contribution in [0.1, 0.15) is 17.3 Å². The summed E-state index contributed by atoms with van der Waals surface area (Å²) in [5.41, 5.74) is 6.00. The molecule has 0 aliphatic heterocycles. The minimum absolute atomic E-state index is 0. The van der Waals surface area contributed by atoms with Gasteiger partial charge in [-0.2, -0.15) is 0 Å². The van der Waals surface area contributed by atoms with Crippen molar-refractivity contribution < 1.29 is 47.3 Å². The number of fused-ring (bicyclic) bond motifs is 1. The van der Waals surface area contributed by atoms with Gasteiger partial charge in [-0.05, 0) is 18.4 Å². The summed E-state index contributed by atoms with van der Waals surface area (Å²) in [4.78, 5) is 11.0. The van der Waals surface area contributed by atoms with E-state index in [1.54, 1.807) is 18.2 Å². The largest absolute Gasteiger partial charge is 1.00 e. The summed E-state index contributed by atoms with van der Waals surface area (Å²) < 4.78 is 33.0. The fraction of sp³-hybridized carbons (Fsp3) is 0.0833. The van der Waals surface area contributed by atoms with Crippen LogP contribution in [-0.2, 0) is 10.1 Å². The van der Waals surface area contributed by atoms with Crippen molar-refractivity contribution in [2.45, 2.75) is 11.8 Å². The van der Waals surface area contributed by atoms with Crippen molar-refractivity contribution in [3.63, 3.8) is 0 Å². The molecule has 0 saturated carbocycles. The quantitative estimate of drug-likeness (QED) is 0.315. The molecule has 0 amide bonds. The number of anilines is 1. The number of hydrogen-bond donors (Lipinski definition) is 1. The molecule has 2 N–H and O–H groups in total. The first kappa shape index (κ1) is 16.1. The van der Waals surface area contributed by atoms with Crippen LogP contribution in [0.2, 0.25) is 0 Å². The predicted molar refractivity (Wildman–Crippen MR) is 66.3 cm³/mol. The second-order valence-electron chi connectivity index (χ2n) is 3.89. The van der Waals surface area contributed by atoms with Crippen molar-refractivity contribution in [2.24, 2.45) is 0 Å². The average molecular weight is 287 g/mol. The third-order valence-electron chi connectivity index (χ3n) is 2.71. The van der Waals surface area contributed by atoms with Gasteiger partial charge in [-0.3, -0.25) is 4.79 Å². The van der Waals surface area contributed by atoms with E-state index in [0.29, 0.717) is 16.3 Å². The Labute approximate surface area is 132 Å². The molecule has 0 spiro atoms. The number of hydrogen-bond acceptors (Lipinski definition) is 5. The van der Waals surface area contributed by atoms with Gasteiger partial charge in [0.15, 0.2) is 5.78 Å². The molecule has 0 aromatic heterocycles. The SMILES string of the molecule is CC(=O)c1cccc2c(N)c(S(=O)(=O)[O-])ccc12.[Na+]. The average Bonchev–Trinajstić information content (AvgIpc) is 2.27. The first-order valence-electron chi connectivity index (χ1n) is 5.10. The zero-order chi connectivity index (χ0) is 13.5. The molecule has 0 bridgehead atoms. The van der Waals surface area contributed by atoms with Crippen molar-refractivity contribution in [3.8, 4) is 0 Å². The van der Waals surface area contributed by atoms with E-state index in [-0.39, 0.29) is 41.0 Å². The number of carbonyl (C=O) groups excluding carboxylic acids is 1. The maximum absolute atomic E-state index is 11.4. The molecular weight excluding hydrogens is 277 g/mol. The Balaban J connectivity index is 0.00000180. The zero-order valence-electron chi connectivity index (χ0n) is 10.5. The molecule has 0 heterocycles. The molecule has 7 heteroatoms. The van der Waals surface area contributed by atoms with Gasteiger partial charge in [0, 0.05) is 10.9 Å². The van der Waals surface area contributed by atoms with E-state index in [1.165, 1.54) is 13.0 Å². The number of carbonyl (C=O) groups is 1. The van der Waals surface area contributed by atoms with E-state index in [0.717, 1.165) is 6.07 Å². The van der Waals surface area contributed by atoms with Crippen molar-refractivity contribution in [3.05, 3.63) is 35.9 Å². The van der Waals surface area contributed by atoms with Crippen LogP contribution in [0, 0.1) is 0 Å². The number of ketones is 1. The molecule has 0 radical (unpaired) electrons. The molecule has 2 aromatic carbocycles. The second kappa shape index (κ2) is 5.60. The molecule has 94 valence electrons. The Kier molecular flexibility index (Phi) is 4.76. The maximum Gasteiger partial charge on any atom is 1.00 e. The summed E-state index contributed by atoms with van der Waals surface area (Å²) in [6.45, 7) is 1.41. The van der Waals surface area contributed by atoms with Gasteiger partial charge >= 0.3 is 29.6 Å². The van der Waals surface area contributed by atoms with Gasteiger partial charge in [-0.15, -0.1) is 0 Å². The van der Waals surface area contributed by atoms with Gasteiger partial charge in [0.05, 0.1) is 10.6 Å². The first-order valence-corrected chi connectivity index (χ1v) is 6.51. The fourth-order valence-electron chi connectivity index (χ4n) is 1.89. The monoisotopic (exact) mass is 287 g/mol. The summed E-state index contributed by atoms with van der Waals surface area (Å²) in [5, 5.41) is 0.925. The van der Waals surface area contributed by atoms with Gasteiger partial charge in [0.2, 0.25) is 0 Å². The first-order chi connectivity index (χ1) is 8.32. The van der Waals surface area contributed by atoms with E-state index >= 15 is 0 Å². The van der Waals surface area contributed by atoms with Crippen molar-refractivity contribution >= 4 is 32.4 Å². The standard InChI is InChI=1S/C12H11NO4S.Na/c1-7(14)8-3-2-4-10-9(8)5-6-11(12(10)13)18(15,16)17;/h2-6H,13H2,1H3,(H,15,16,17);/q;+1/p-1. The second-order valence-corrected chi connectivity index (χ2v) is 5.24. The van der Waals surface area contributed by atoms with E-state index in [1.807, 2.05) is 0 Å². The molecule has 0 aliphatic rings. The zero-order valence-corrected chi connectivity index (χ0v) is 13.3. The molecule has 0 aliphatic carbocycles. The minimum atomic E-state index is -4.62. The van der Waals surface area contributed by atoms with E-state index < -0.39 is 15.0 Å². The third kappa shape index (κ3) is 2.98. The summed E-state index contributed by atoms with van der Waals surface area (Å²) >= 11 is 0. The van der Waals surface area contributed by atoms with Crippen LogP contribution in [0.5, 0.6) is 0 Å². The Morgan fingerprint density at radius 3 is 2.32 bits per heavy atom. The summed E-state index contributed by atoms with van der Waals surface area (Å²) in [7, 11) is -4.62. The molecule has 0 fully saturated rings. The summed E-state index contributed by atoms with van der Waals surface area (Å²) in [6.07, 6.45) is 0. The van der Waals surface area contributed by atoms with Crippen LogP contribution in [0.4, 0.5) is 5.69 Å². The topological polar surface area (TPSA) is 100 Å². The third-order valence-corrected chi connectivity index (χ3v) is 3.61. The molecular formula is C12H10NNaO4S. The van der Waals surface area contributed by atoms with Crippen LogP contribution >= 0.6 is 0 Å². The van der Waals surface area contributed by atoms with Gasteiger partial charge in [0.25, 0.3) is 0 Å². The van der Waals surface area contributed by atoms with E-state index in [2.05, 4.69) is 0 Å². The van der Waals surface area contributed by atoms with Gasteiger partial charge in [-0.25, -0.2) is 8.42 Å². The van der Waals surface area contributed by atoms with Crippen LogP contribution in [0.25, 0.3) is 10.8 Å².